The van der Waals surface area contributed by atoms with Crippen molar-refractivity contribution in [2.75, 3.05) is 26.1 Å². The van der Waals surface area contributed by atoms with Crippen LogP contribution in [0.2, 0.25) is 0 Å². The lowest BCUT2D eigenvalue weighted by molar-refractivity contribution is -0.123. The van der Waals surface area contributed by atoms with Crippen molar-refractivity contribution >= 4 is 34.1 Å². The number of anilines is 1. The molecular weight excluding hydrogens is 626 g/mol. The second-order valence-electron chi connectivity index (χ2n) is 12.7. The molecule has 0 saturated carbocycles. The quantitative estimate of drug-likeness (QED) is 0.0596. The number of nitrogens with zero attached hydrogens (tertiary/aromatic N) is 2. The number of carbonyl (C=O) groups is 3. The van der Waals surface area contributed by atoms with Crippen LogP contribution in [0.4, 0.5) is 5.69 Å². The van der Waals surface area contributed by atoms with E-state index in [2.05, 4.69) is 5.16 Å². The van der Waals surface area contributed by atoms with Crippen LogP contribution in [0.15, 0.2) is 65.2 Å². The summed E-state index contributed by atoms with van der Waals surface area (Å²) in [5, 5.41) is 4.28. The number of benzene rings is 3. The van der Waals surface area contributed by atoms with Crippen molar-refractivity contribution in [3.05, 3.63) is 77.5 Å². The summed E-state index contributed by atoms with van der Waals surface area (Å²) < 4.78 is 22.8. The Kier molecular flexibility index (Phi) is 12.0. The summed E-state index contributed by atoms with van der Waals surface area (Å²) in [4.78, 5) is 41.9. The molecule has 49 heavy (non-hydrogen) atoms. The van der Waals surface area contributed by atoms with Crippen LogP contribution in [-0.4, -0.2) is 71.5 Å². The van der Waals surface area contributed by atoms with Crippen molar-refractivity contribution in [1.29, 1.82) is 0 Å². The van der Waals surface area contributed by atoms with Crippen molar-refractivity contribution < 1.29 is 33.1 Å². The van der Waals surface area contributed by atoms with E-state index in [0.717, 1.165) is 0 Å². The third-order valence-corrected chi connectivity index (χ3v) is 8.25. The smallest absolute Gasteiger partial charge is 0.254 e. The first kappa shape index (κ1) is 36.9. The Hall–Kier alpha value is -4.94. The third kappa shape index (κ3) is 8.21. The molecule has 1 amide bonds. The molecule has 0 aliphatic carbocycles. The molecule has 0 radical (unpaired) electrons. The van der Waals surface area contributed by atoms with Gasteiger partial charge < -0.3 is 40.8 Å². The number of carbonyl (C=O) groups excluding carboxylic acids is 3. The van der Waals surface area contributed by atoms with E-state index in [1.807, 2.05) is 38.7 Å². The van der Waals surface area contributed by atoms with Gasteiger partial charge in [-0.15, -0.1) is 0 Å². The van der Waals surface area contributed by atoms with Gasteiger partial charge in [-0.3, -0.25) is 14.4 Å². The summed E-state index contributed by atoms with van der Waals surface area (Å²) in [6, 6.07) is 16.6. The standard InChI is InChI=1S/C37H47N5O7/c1-22(2)42(23(3)4)36(45)26-14-16-28(30(20-26)46-6)47-18-10-11-19-48-29-17-15-27-32(41-49-33(27)31(29)39)35(44)37(40,34(43)24(5)38)21-25-12-8-7-9-13-25/h7-9,12-17,20,22-24H,10-11,18-19,21,38-40H2,1-6H3. The predicted molar refractivity (Wildman–Crippen MR) is 188 cm³/mol. The van der Waals surface area contributed by atoms with Crippen LogP contribution in [0.25, 0.3) is 11.0 Å². The van der Waals surface area contributed by atoms with Gasteiger partial charge in [0, 0.05) is 24.1 Å². The number of ether oxygens (including phenoxy) is 3. The average molecular weight is 674 g/mol. The number of unbranched alkanes of at least 4 members (excludes halogenated alkanes) is 1. The molecule has 1 aromatic heterocycles. The maximum atomic E-state index is 13.8. The summed E-state index contributed by atoms with van der Waals surface area (Å²) in [5.74, 6) is -0.00828. The third-order valence-electron chi connectivity index (χ3n) is 8.25. The summed E-state index contributed by atoms with van der Waals surface area (Å²) in [6.45, 7) is 10.2. The fourth-order valence-electron chi connectivity index (χ4n) is 5.81. The summed E-state index contributed by atoms with van der Waals surface area (Å²) in [7, 11) is 1.54. The van der Waals surface area contributed by atoms with Gasteiger partial charge >= 0.3 is 0 Å². The minimum atomic E-state index is -1.96. The molecule has 0 saturated heterocycles. The van der Waals surface area contributed by atoms with Crippen molar-refractivity contribution in [3.8, 4) is 17.2 Å². The Bertz CT molecular complexity index is 1760. The van der Waals surface area contributed by atoms with Crippen LogP contribution < -0.4 is 31.4 Å². The number of nitrogens with two attached hydrogens (primary N) is 3. The highest BCUT2D eigenvalue weighted by atomic mass is 16.5. The number of fused-ring (bicyclic) bond motifs is 1. The molecule has 0 aliphatic heterocycles. The molecule has 0 spiro atoms. The lowest BCUT2D eigenvalue weighted by Crippen LogP contribution is -2.61. The first-order valence-corrected chi connectivity index (χ1v) is 16.4. The molecule has 4 rings (SSSR count). The molecule has 2 atom stereocenters. The molecule has 262 valence electrons. The Labute approximate surface area is 286 Å². The van der Waals surface area contributed by atoms with E-state index in [1.165, 1.54) is 6.92 Å². The van der Waals surface area contributed by atoms with Crippen LogP contribution >= 0.6 is 0 Å². The number of hydrogen-bond acceptors (Lipinski definition) is 11. The first-order chi connectivity index (χ1) is 23.3. The van der Waals surface area contributed by atoms with Crippen LogP contribution in [-0.2, 0) is 11.2 Å². The molecule has 3 aromatic carbocycles. The van der Waals surface area contributed by atoms with Crippen molar-refractivity contribution in [1.82, 2.24) is 10.1 Å². The lowest BCUT2D eigenvalue weighted by Gasteiger charge is -2.31. The minimum absolute atomic E-state index is 0.0605. The molecule has 12 heteroatoms. The molecule has 0 bridgehead atoms. The predicted octanol–water partition coefficient (Wildman–Crippen LogP) is 4.95. The molecule has 0 fully saturated rings. The van der Waals surface area contributed by atoms with Gasteiger partial charge in [0.2, 0.25) is 5.78 Å². The fourth-order valence-corrected chi connectivity index (χ4v) is 5.81. The van der Waals surface area contributed by atoms with Gasteiger partial charge in [0.05, 0.1) is 31.8 Å². The number of amides is 1. The van der Waals surface area contributed by atoms with E-state index in [4.69, 9.17) is 35.9 Å². The molecule has 2 unspecified atom stereocenters. The van der Waals surface area contributed by atoms with E-state index in [1.54, 1.807) is 61.7 Å². The molecule has 12 nitrogen and oxygen atoms in total. The molecule has 0 aliphatic rings. The van der Waals surface area contributed by atoms with Gasteiger partial charge in [0.25, 0.3) is 5.91 Å². The Balaban J connectivity index is 1.37. The van der Waals surface area contributed by atoms with Gasteiger partial charge in [0.1, 0.15) is 17.0 Å². The van der Waals surface area contributed by atoms with E-state index in [9.17, 15) is 14.4 Å². The molecule has 6 N–H and O–H groups in total. The summed E-state index contributed by atoms with van der Waals surface area (Å²) in [5.41, 5.74) is 18.3. The van der Waals surface area contributed by atoms with Crippen molar-refractivity contribution in [3.63, 3.8) is 0 Å². The van der Waals surface area contributed by atoms with Gasteiger partial charge in [-0.1, -0.05) is 35.5 Å². The molecule has 1 heterocycles. The highest BCUT2D eigenvalue weighted by molar-refractivity contribution is 6.23. The number of methoxy groups -OCH3 is 1. The first-order valence-electron chi connectivity index (χ1n) is 16.4. The Morgan fingerprint density at radius 1 is 0.878 bits per heavy atom. The number of Topliss-reactive ketones (excluding diaryl/α,β-unsaturated/α-hetero) is 2. The zero-order valence-electron chi connectivity index (χ0n) is 29.0. The summed E-state index contributed by atoms with van der Waals surface area (Å²) in [6.07, 6.45) is 1.24. The lowest BCUT2D eigenvalue weighted by atomic mass is 9.79. The zero-order valence-corrected chi connectivity index (χ0v) is 29.0. The monoisotopic (exact) mass is 673 g/mol. The van der Waals surface area contributed by atoms with Crippen molar-refractivity contribution in [2.45, 2.75) is 77.5 Å². The topological polar surface area (TPSA) is 186 Å². The Morgan fingerprint density at radius 2 is 1.49 bits per heavy atom. The van der Waals surface area contributed by atoms with E-state index < -0.39 is 23.1 Å². The van der Waals surface area contributed by atoms with Gasteiger partial charge in [0.15, 0.2) is 28.6 Å². The zero-order chi connectivity index (χ0) is 35.9. The number of ketones is 2. The SMILES string of the molecule is COc1cc(C(=O)N(C(C)C)C(C)C)ccc1OCCCCOc1ccc2c(C(=O)C(N)(Cc3ccccc3)C(=O)C(C)N)noc2c1N. The van der Waals surface area contributed by atoms with Crippen LogP contribution in [0.5, 0.6) is 17.2 Å². The van der Waals surface area contributed by atoms with E-state index in [-0.39, 0.29) is 41.4 Å². The highest BCUT2D eigenvalue weighted by Crippen LogP contribution is 2.34. The number of hydrogen-bond donors (Lipinski definition) is 3. The maximum Gasteiger partial charge on any atom is 0.254 e. The summed E-state index contributed by atoms with van der Waals surface area (Å²) >= 11 is 0. The fraction of sp³-hybridized carbons (Fsp3) is 0.405. The van der Waals surface area contributed by atoms with Crippen LogP contribution in [0.3, 0.4) is 0 Å². The van der Waals surface area contributed by atoms with Gasteiger partial charge in [-0.05, 0) is 83.4 Å². The largest absolute Gasteiger partial charge is 0.493 e. The normalized spacial score (nSPS) is 13.3. The molecule has 4 aromatic rings. The highest BCUT2D eigenvalue weighted by Gasteiger charge is 2.45. The van der Waals surface area contributed by atoms with E-state index >= 15 is 0 Å². The number of rotatable bonds is 17. The van der Waals surface area contributed by atoms with Crippen LogP contribution in [0.1, 0.15) is 73.9 Å². The van der Waals surface area contributed by atoms with Crippen molar-refractivity contribution in [2.24, 2.45) is 11.5 Å². The average Bonchev–Trinajstić information content (AvgIpc) is 3.51. The van der Waals surface area contributed by atoms with Crippen LogP contribution in [0, 0.1) is 0 Å². The van der Waals surface area contributed by atoms with Gasteiger partial charge in [-0.2, -0.15) is 0 Å². The second kappa shape index (κ2) is 16.0. The Morgan fingerprint density at radius 3 is 2.08 bits per heavy atom. The second-order valence-corrected chi connectivity index (χ2v) is 12.7. The minimum Gasteiger partial charge on any atom is -0.493 e. The van der Waals surface area contributed by atoms with E-state index in [0.29, 0.717) is 59.8 Å². The number of aromatic nitrogens is 1. The molecular formula is C37H47N5O7. The number of nitrogen functional groups attached to an aromatic ring is 1. The maximum absolute atomic E-state index is 13.8. The van der Waals surface area contributed by atoms with Gasteiger partial charge in [-0.25, -0.2) is 0 Å².